The summed E-state index contributed by atoms with van der Waals surface area (Å²) in [5.74, 6) is -1.96. The molecule has 2 aromatic carbocycles. The molecule has 1 radical (unpaired) electrons. The molecule has 34 heavy (non-hydrogen) atoms. The first-order valence-corrected chi connectivity index (χ1v) is 12.7. The number of ether oxygens (including phenoxy) is 1. The molecule has 9 nitrogen and oxygen atoms in total. The van der Waals surface area contributed by atoms with Crippen molar-refractivity contribution in [3.8, 4) is 11.1 Å². The number of carboxylic acid groups (broad SMARTS) is 1. The molecule has 0 aliphatic rings. The highest BCUT2D eigenvalue weighted by molar-refractivity contribution is 7.56. The lowest BCUT2D eigenvalue weighted by Gasteiger charge is -2.29. The van der Waals surface area contributed by atoms with Gasteiger partial charge in [0.15, 0.2) is 0 Å². The summed E-state index contributed by atoms with van der Waals surface area (Å²) in [6.45, 7) is 5.91. The fourth-order valence-electron chi connectivity index (χ4n) is 3.61. The van der Waals surface area contributed by atoms with Crippen LogP contribution in [0.1, 0.15) is 19.4 Å². The third-order valence-corrected chi connectivity index (χ3v) is 7.39. The number of carbonyl (C=O) groups is 3. The van der Waals surface area contributed by atoms with Gasteiger partial charge in [-0.05, 0) is 43.9 Å². The number of benzene rings is 2. The Labute approximate surface area is 199 Å². The van der Waals surface area contributed by atoms with E-state index in [0.717, 1.165) is 11.1 Å². The minimum absolute atomic E-state index is 0.0180. The van der Waals surface area contributed by atoms with E-state index in [-0.39, 0.29) is 26.1 Å². The maximum Gasteiger partial charge on any atom is 0.416 e. The topological polar surface area (TPSA) is 124 Å². The van der Waals surface area contributed by atoms with Gasteiger partial charge in [0.05, 0.1) is 18.7 Å². The smallest absolute Gasteiger partial charge is 0.416 e. The Hall–Kier alpha value is -3.16. The van der Waals surface area contributed by atoms with Crippen LogP contribution in [-0.2, 0) is 20.5 Å². The van der Waals surface area contributed by atoms with Gasteiger partial charge in [-0.1, -0.05) is 54.6 Å². The minimum atomic E-state index is -4.38. The summed E-state index contributed by atoms with van der Waals surface area (Å²) in [6.07, 6.45) is -3.07. The Morgan fingerprint density at radius 3 is 2.09 bits per heavy atom. The van der Waals surface area contributed by atoms with Crippen LogP contribution >= 0.6 is 7.52 Å². The van der Waals surface area contributed by atoms with Gasteiger partial charge in [0.1, 0.15) is 0 Å². The largest absolute Gasteiger partial charge is 0.465 e. The van der Waals surface area contributed by atoms with Crippen molar-refractivity contribution in [3.63, 3.8) is 0 Å². The second kappa shape index (κ2) is 12.3. The van der Waals surface area contributed by atoms with Crippen LogP contribution in [0.3, 0.4) is 0 Å². The Bertz CT molecular complexity index is 1030. The number of rotatable bonds is 10. The van der Waals surface area contributed by atoms with Crippen LogP contribution in [0.5, 0.6) is 0 Å². The van der Waals surface area contributed by atoms with E-state index < -0.39 is 37.7 Å². The molecule has 0 spiro atoms. The molecule has 2 atom stereocenters. The van der Waals surface area contributed by atoms with E-state index >= 15 is 0 Å². The number of amides is 3. The molecule has 2 rings (SSSR count). The van der Waals surface area contributed by atoms with Gasteiger partial charge in [-0.2, -0.15) is 0 Å². The van der Waals surface area contributed by atoms with Gasteiger partial charge in [-0.25, -0.2) is 19.2 Å². The molecule has 0 aromatic heterocycles. The predicted octanol–water partition coefficient (Wildman–Crippen LogP) is 4.52. The van der Waals surface area contributed by atoms with Crippen LogP contribution in [0.25, 0.3) is 11.1 Å². The van der Waals surface area contributed by atoms with Crippen molar-refractivity contribution >= 4 is 25.6 Å². The minimum Gasteiger partial charge on any atom is -0.465 e. The summed E-state index contributed by atoms with van der Waals surface area (Å²) in [5.41, 5.74) is 2.64. The van der Waals surface area contributed by atoms with Gasteiger partial charge in [0.2, 0.25) is 5.91 Å². The molecule has 2 unspecified atom stereocenters. The fraction of sp³-hybridized carbons (Fsp3) is 0.333. The van der Waals surface area contributed by atoms with Crippen LogP contribution in [-0.4, -0.2) is 63.5 Å². The monoisotopic (exact) mass is 489 g/mol. The van der Waals surface area contributed by atoms with Gasteiger partial charge in [-0.15, -0.1) is 0 Å². The average molecular weight is 489 g/mol. The molecule has 10 heteroatoms. The van der Waals surface area contributed by atoms with Crippen LogP contribution in [0.2, 0.25) is 0 Å². The second-order valence-corrected chi connectivity index (χ2v) is 9.68. The van der Waals surface area contributed by atoms with Crippen molar-refractivity contribution in [2.24, 2.45) is 5.92 Å². The summed E-state index contributed by atoms with van der Waals surface area (Å²) < 4.78 is 18.5. The lowest BCUT2D eigenvalue weighted by Crippen LogP contribution is -2.42. The maximum absolute atomic E-state index is 13.1. The highest BCUT2D eigenvalue weighted by atomic mass is 31.2. The molecule has 2 N–H and O–H groups in total. The fourth-order valence-corrected chi connectivity index (χ4v) is 5.42. The SMILES string of the molecule is [CH2]COC(=O)N(CC)P(=O)(O)CC(Cc1ccc(-c2ccccc2)cc1)C(=O)N(CC)C(=O)O. The molecule has 0 bridgehead atoms. The molecule has 183 valence electrons. The number of hydrogen-bond donors (Lipinski definition) is 2. The number of imide groups is 1. The Balaban J connectivity index is 2.34. The van der Waals surface area contributed by atoms with E-state index in [4.69, 9.17) is 4.74 Å². The van der Waals surface area contributed by atoms with Crippen molar-refractivity contribution < 1.29 is 33.7 Å². The normalized spacial score (nSPS) is 13.4. The van der Waals surface area contributed by atoms with Gasteiger partial charge >= 0.3 is 12.2 Å². The first kappa shape index (κ1) is 27.1. The van der Waals surface area contributed by atoms with Gasteiger partial charge in [0.25, 0.3) is 7.52 Å². The van der Waals surface area contributed by atoms with Gasteiger partial charge in [0, 0.05) is 13.1 Å². The molecule has 0 aliphatic carbocycles. The maximum atomic E-state index is 13.1. The molecule has 0 fully saturated rings. The van der Waals surface area contributed by atoms with Crippen LogP contribution < -0.4 is 0 Å². The van der Waals surface area contributed by atoms with Crippen molar-refractivity contribution in [1.82, 2.24) is 9.57 Å². The number of nitrogens with zero attached hydrogens (tertiary/aromatic N) is 2. The highest BCUT2D eigenvalue weighted by Gasteiger charge is 2.39. The Kier molecular flexibility index (Phi) is 9.83. The van der Waals surface area contributed by atoms with Gasteiger partial charge < -0.3 is 14.7 Å². The molecular formula is C24H30N2O7P. The van der Waals surface area contributed by atoms with E-state index in [1.807, 2.05) is 42.5 Å². The quantitative estimate of drug-likeness (QED) is 0.470. The summed E-state index contributed by atoms with van der Waals surface area (Å²) in [4.78, 5) is 48.1. The zero-order valence-corrected chi connectivity index (χ0v) is 20.2. The lowest BCUT2D eigenvalue weighted by atomic mass is 9.97. The average Bonchev–Trinajstić information content (AvgIpc) is 2.80. The van der Waals surface area contributed by atoms with Crippen LogP contribution in [0.4, 0.5) is 9.59 Å². The molecule has 3 amide bonds. The number of carbonyl (C=O) groups excluding carboxylic acids is 2. The zero-order chi connectivity index (χ0) is 25.3. The second-order valence-electron chi connectivity index (χ2n) is 7.51. The summed E-state index contributed by atoms with van der Waals surface area (Å²) in [6, 6.07) is 17.0. The van der Waals surface area contributed by atoms with E-state index in [0.29, 0.717) is 15.1 Å². The summed E-state index contributed by atoms with van der Waals surface area (Å²) in [7, 11) is -4.38. The molecule has 0 aliphatic heterocycles. The zero-order valence-electron chi connectivity index (χ0n) is 19.3. The third-order valence-electron chi connectivity index (χ3n) is 5.28. The van der Waals surface area contributed by atoms with Crippen molar-refractivity contribution in [3.05, 3.63) is 67.1 Å². The Morgan fingerprint density at radius 1 is 1.00 bits per heavy atom. The molecule has 2 aromatic rings. The molecule has 0 saturated carbocycles. The summed E-state index contributed by atoms with van der Waals surface area (Å²) >= 11 is 0. The van der Waals surface area contributed by atoms with Crippen molar-refractivity contribution in [1.29, 1.82) is 0 Å². The summed E-state index contributed by atoms with van der Waals surface area (Å²) in [5, 5.41) is 9.42. The third kappa shape index (κ3) is 6.92. The van der Waals surface area contributed by atoms with Crippen molar-refractivity contribution in [2.75, 3.05) is 25.9 Å². The van der Waals surface area contributed by atoms with E-state index in [9.17, 15) is 28.9 Å². The van der Waals surface area contributed by atoms with E-state index in [1.54, 1.807) is 12.1 Å². The first-order valence-electron chi connectivity index (χ1n) is 10.9. The van der Waals surface area contributed by atoms with Crippen LogP contribution in [0.15, 0.2) is 54.6 Å². The highest BCUT2D eigenvalue weighted by Crippen LogP contribution is 2.47. The van der Waals surface area contributed by atoms with E-state index in [2.05, 4.69) is 6.92 Å². The van der Waals surface area contributed by atoms with E-state index in [1.165, 1.54) is 13.8 Å². The Morgan fingerprint density at radius 2 is 1.59 bits per heavy atom. The molecular weight excluding hydrogens is 459 g/mol. The molecule has 0 heterocycles. The van der Waals surface area contributed by atoms with Crippen molar-refractivity contribution in [2.45, 2.75) is 20.3 Å². The van der Waals surface area contributed by atoms with Crippen LogP contribution in [0, 0.1) is 12.8 Å². The molecule has 0 saturated heterocycles. The number of hydrogen-bond acceptors (Lipinski definition) is 5. The predicted molar refractivity (Wildman–Crippen MR) is 128 cm³/mol. The first-order chi connectivity index (χ1) is 16.1. The van der Waals surface area contributed by atoms with Gasteiger partial charge in [-0.3, -0.25) is 9.36 Å². The standard InChI is InChI=1S/C24H30N2O7P/c1-4-25(23(28)29)22(27)21(17-34(31,32)26(5-2)24(30)33-6-3)16-18-12-14-20(15-13-18)19-10-8-7-9-11-19/h7-15,21H,3-6,16-17H2,1-2H3,(H,28,29)(H,31,32). The lowest BCUT2D eigenvalue weighted by molar-refractivity contribution is -0.132.